The highest BCUT2D eigenvalue weighted by molar-refractivity contribution is 8.19. The summed E-state index contributed by atoms with van der Waals surface area (Å²) in [6.45, 7) is 0. The number of halogens is 1. The molecule has 1 aliphatic rings. The van der Waals surface area contributed by atoms with Gasteiger partial charge in [0.25, 0.3) is 16.8 Å². The van der Waals surface area contributed by atoms with E-state index in [1.54, 1.807) is 30.3 Å². The van der Waals surface area contributed by atoms with E-state index in [9.17, 15) is 29.8 Å². The van der Waals surface area contributed by atoms with Crippen LogP contribution in [0.3, 0.4) is 0 Å². The van der Waals surface area contributed by atoms with Gasteiger partial charge in [-0.2, -0.15) is 0 Å². The highest BCUT2D eigenvalue weighted by Crippen LogP contribution is 2.40. The van der Waals surface area contributed by atoms with E-state index in [1.807, 2.05) is 0 Å². The van der Waals surface area contributed by atoms with Crippen molar-refractivity contribution in [3.8, 4) is 17.2 Å². The van der Waals surface area contributed by atoms with Crippen molar-refractivity contribution in [3.05, 3.63) is 96.4 Å². The van der Waals surface area contributed by atoms with Crippen LogP contribution in [-0.2, 0) is 4.79 Å². The number of hydrogen-bond acceptors (Lipinski definition) is 9. The van der Waals surface area contributed by atoms with Crippen LogP contribution in [0.4, 0.5) is 21.9 Å². The first-order valence-corrected chi connectivity index (χ1v) is 11.2. The third-order valence-corrected chi connectivity index (χ3v) is 6.06. The largest absolute Gasteiger partial charge is 0.493 e. The number of ether oxygens (including phenoxy) is 2. The lowest BCUT2D eigenvalue weighted by Gasteiger charge is -2.12. The SMILES string of the molecule is COc1ccc(/C=C2\SC(=O)N(c3ccc(Cl)cc3)C2=O)cc1Oc1ccc([N+](=O)[O-])cc1[N+](=O)[O-]. The Morgan fingerprint density at radius 1 is 0.917 bits per heavy atom. The molecule has 182 valence electrons. The van der Waals surface area contributed by atoms with Gasteiger partial charge in [0, 0.05) is 11.1 Å². The number of nitro benzene ring substituents is 2. The Balaban J connectivity index is 1.66. The lowest BCUT2D eigenvalue weighted by atomic mass is 10.1. The first-order chi connectivity index (χ1) is 17.2. The van der Waals surface area contributed by atoms with Crippen LogP contribution in [0.1, 0.15) is 5.56 Å². The van der Waals surface area contributed by atoms with Gasteiger partial charge in [0.15, 0.2) is 11.5 Å². The minimum atomic E-state index is -0.800. The zero-order valence-electron chi connectivity index (χ0n) is 18.2. The number of benzene rings is 3. The molecule has 2 amide bonds. The lowest BCUT2D eigenvalue weighted by molar-refractivity contribution is -0.394. The summed E-state index contributed by atoms with van der Waals surface area (Å²) in [5.74, 6) is -0.505. The molecule has 1 fully saturated rings. The summed E-state index contributed by atoms with van der Waals surface area (Å²) >= 11 is 6.63. The van der Waals surface area contributed by atoms with Crippen LogP contribution in [0.5, 0.6) is 17.2 Å². The van der Waals surface area contributed by atoms with E-state index in [2.05, 4.69) is 0 Å². The van der Waals surface area contributed by atoms with Crippen LogP contribution >= 0.6 is 23.4 Å². The molecule has 0 bridgehead atoms. The second kappa shape index (κ2) is 10.1. The van der Waals surface area contributed by atoms with Crippen LogP contribution in [-0.4, -0.2) is 28.1 Å². The number of imide groups is 1. The topological polar surface area (TPSA) is 142 Å². The standard InChI is InChI=1S/C23H14ClN3O8S/c1-34-19-8-2-13(10-20(19)35-18-9-7-16(26(30)31)12-17(18)27(32)33)11-21-22(28)25(23(29)36-21)15-5-3-14(24)4-6-15/h2-12H,1H3/b21-11-. The maximum atomic E-state index is 12.9. The lowest BCUT2D eigenvalue weighted by Crippen LogP contribution is -2.27. The Morgan fingerprint density at radius 2 is 1.61 bits per heavy atom. The Labute approximate surface area is 212 Å². The first kappa shape index (κ1) is 24.7. The second-order valence-electron chi connectivity index (χ2n) is 7.17. The Kier molecular flexibility index (Phi) is 6.90. The minimum Gasteiger partial charge on any atom is -0.493 e. The predicted octanol–water partition coefficient (Wildman–Crippen LogP) is 6.20. The molecule has 1 aliphatic heterocycles. The molecule has 3 aromatic carbocycles. The van der Waals surface area contributed by atoms with Gasteiger partial charge in [0.2, 0.25) is 5.75 Å². The van der Waals surface area contributed by atoms with Crippen molar-refractivity contribution >= 4 is 57.6 Å². The molecular formula is C23H14ClN3O8S. The summed E-state index contributed by atoms with van der Waals surface area (Å²) in [5, 5.41) is 22.4. The number of nitro groups is 2. The molecular weight excluding hydrogens is 514 g/mol. The molecule has 0 spiro atoms. The van der Waals surface area contributed by atoms with Crippen molar-refractivity contribution in [2.24, 2.45) is 0 Å². The van der Waals surface area contributed by atoms with Crippen molar-refractivity contribution in [3.63, 3.8) is 0 Å². The van der Waals surface area contributed by atoms with Gasteiger partial charge in [-0.15, -0.1) is 0 Å². The van der Waals surface area contributed by atoms with Crippen molar-refractivity contribution in [2.75, 3.05) is 12.0 Å². The zero-order valence-corrected chi connectivity index (χ0v) is 19.8. The predicted molar refractivity (Wildman–Crippen MR) is 133 cm³/mol. The maximum absolute atomic E-state index is 12.9. The third kappa shape index (κ3) is 4.99. The van der Waals surface area contributed by atoms with Gasteiger partial charge in [-0.3, -0.25) is 29.8 Å². The average molecular weight is 528 g/mol. The number of nitrogens with zero attached hydrogens (tertiary/aromatic N) is 3. The number of carbonyl (C=O) groups excluding carboxylic acids is 2. The molecule has 0 atom stereocenters. The van der Waals surface area contributed by atoms with Gasteiger partial charge >= 0.3 is 5.69 Å². The number of thioether (sulfide) groups is 1. The summed E-state index contributed by atoms with van der Waals surface area (Å²) in [6, 6.07) is 13.8. The normalized spacial score (nSPS) is 14.3. The first-order valence-electron chi connectivity index (χ1n) is 10.00. The molecule has 0 radical (unpaired) electrons. The van der Waals surface area contributed by atoms with E-state index >= 15 is 0 Å². The Morgan fingerprint density at radius 3 is 2.25 bits per heavy atom. The van der Waals surface area contributed by atoms with Gasteiger partial charge in [-0.05, 0) is 65.9 Å². The molecule has 0 saturated carbocycles. The highest BCUT2D eigenvalue weighted by atomic mass is 35.5. The third-order valence-electron chi connectivity index (χ3n) is 4.93. The van der Waals surface area contributed by atoms with Crippen molar-refractivity contribution < 1.29 is 28.9 Å². The fourth-order valence-corrected chi connectivity index (χ4v) is 4.23. The molecule has 36 heavy (non-hydrogen) atoms. The van der Waals surface area contributed by atoms with Crippen LogP contribution in [0, 0.1) is 20.2 Å². The van der Waals surface area contributed by atoms with E-state index in [0.717, 1.165) is 34.9 Å². The molecule has 0 aromatic heterocycles. The van der Waals surface area contributed by atoms with Crippen molar-refractivity contribution in [2.45, 2.75) is 0 Å². The van der Waals surface area contributed by atoms with Crippen LogP contribution in [0.15, 0.2) is 65.6 Å². The Hall–Kier alpha value is -4.42. The zero-order chi connectivity index (χ0) is 26.0. The second-order valence-corrected chi connectivity index (χ2v) is 8.60. The van der Waals surface area contributed by atoms with Gasteiger partial charge in [0.05, 0.1) is 33.6 Å². The minimum absolute atomic E-state index is 0.0557. The number of rotatable bonds is 7. The smallest absolute Gasteiger partial charge is 0.318 e. The van der Waals surface area contributed by atoms with E-state index < -0.39 is 32.4 Å². The number of carbonyl (C=O) groups is 2. The molecule has 0 unspecified atom stereocenters. The quantitative estimate of drug-likeness (QED) is 0.199. The molecule has 3 aromatic rings. The number of anilines is 1. The van der Waals surface area contributed by atoms with E-state index in [-0.39, 0.29) is 22.2 Å². The van der Waals surface area contributed by atoms with E-state index in [1.165, 1.54) is 25.3 Å². The fraction of sp³-hybridized carbons (Fsp3) is 0.0435. The summed E-state index contributed by atoms with van der Waals surface area (Å²) in [7, 11) is 1.36. The monoisotopic (exact) mass is 527 g/mol. The van der Waals surface area contributed by atoms with Gasteiger partial charge in [-0.1, -0.05) is 17.7 Å². The molecule has 11 nitrogen and oxygen atoms in total. The molecule has 0 N–H and O–H groups in total. The van der Waals surface area contributed by atoms with Gasteiger partial charge in [0.1, 0.15) is 0 Å². The summed E-state index contributed by atoms with van der Waals surface area (Å²) in [5.41, 5.74) is -0.265. The molecule has 0 aliphatic carbocycles. The molecule has 13 heteroatoms. The number of non-ortho nitro benzene ring substituents is 1. The van der Waals surface area contributed by atoms with Crippen molar-refractivity contribution in [1.82, 2.24) is 0 Å². The molecule has 4 rings (SSSR count). The van der Waals surface area contributed by atoms with Crippen LogP contribution < -0.4 is 14.4 Å². The number of hydrogen-bond donors (Lipinski definition) is 0. The van der Waals surface area contributed by atoms with Crippen LogP contribution in [0.2, 0.25) is 5.02 Å². The van der Waals surface area contributed by atoms with Crippen molar-refractivity contribution in [1.29, 1.82) is 0 Å². The highest BCUT2D eigenvalue weighted by Gasteiger charge is 2.36. The Bertz CT molecular complexity index is 1440. The maximum Gasteiger partial charge on any atom is 0.318 e. The van der Waals surface area contributed by atoms with Gasteiger partial charge < -0.3 is 9.47 Å². The summed E-state index contributed by atoms with van der Waals surface area (Å²) < 4.78 is 10.9. The van der Waals surface area contributed by atoms with Crippen LogP contribution in [0.25, 0.3) is 6.08 Å². The summed E-state index contributed by atoms with van der Waals surface area (Å²) in [4.78, 5) is 47.5. The number of methoxy groups -OCH3 is 1. The fourth-order valence-electron chi connectivity index (χ4n) is 3.26. The molecule has 1 heterocycles. The van der Waals surface area contributed by atoms with E-state index in [4.69, 9.17) is 21.1 Å². The average Bonchev–Trinajstić information content (AvgIpc) is 3.12. The molecule has 1 saturated heterocycles. The van der Waals surface area contributed by atoms with E-state index in [0.29, 0.717) is 16.3 Å². The number of amides is 2. The summed E-state index contributed by atoms with van der Waals surface area (Å²) in [6.07, 6.45) is 1.47. The van der Waals surface area contributed by atoms with Gasteiger partial charge in [-0.25, -0.2) is 4.90 Å².